The molecule has 214 valence electrons. The van der Waals surface area contributed by atoms with Gasteiger partial charge in [-0.3, -0.25) is 14.2 Å². The van der Waals surface area contributed by atoms with Crippen molar-refractivity contribution in [2.45, 2.75) is 56.9 Å². The zero-order chi connectivity index (χ0) is 28.3. The van der Waals surface area contributed by atoms with Crippen LogP contribution in [0.15, 0.2) is 61.3 Å². The summed E-state index contributed by atoms with van der Waals surface area (Å²) in [6, 6.07) is 10.7. The maximum atomic E-state index is 13.2. The molecule has 10 nitrogen and oxygen atoms in total. The molecular weight excluding hydrogens is 516 g/mol. The minimum absolute atomic E-state index is 0.0536. The number of hydrogen-bond donors (Lipinski definition) is 2. The van der Waals surface area contributed by atoms with Crippen LogP contribution in [0.3, 0.4) is 0 Å². The highest BCUT2D eigenvalue weighted by molar-refractivity contribution is 5.99. The molecule has 1 amide bonds. The summed E-state index contributed by atoms with van der Waals surface area (Å²) < 4.78 is 10.2. The number of nitrogens with one attached hydrogen (secondary N) is 1. The monoisotopic (exact) mass is 554 g/mol. The van der Waals surface area contributed by atoms with Gasteiger partial charge in [0.1, 0.15) is 5.82 Å². The van der Waals surface area contributed by atoms with Gasteiger partial charge in [-0.25, -0.2) is 4.98 Å². The summed E-state index contributed by atoms with van der Waals surface area (Å²) in [6.45, 7) is 2.72. The number of aromatic nitrogens is 5. The van der Waals surface area contributed by atoms with Crippen LogP contribution in [0.1, 0.15) is 54.1 Å². The number of nitrogen functional groups attached to an aromatic ring is 1. The third-order valence-corrected chi connectivity index (χ3v) is 8.39. The number of ether oxygens (including phenoxy) is 1. The smallest absolute Gasteiger partial charge is 0.255 e. The molecule has 0 unspecified atom stereocenters. The largest absolute Gasteiger partial charge is 0.383 e. The van der Waals surface area contributed by atoms with Crippen molar-refractivity contribution in [3.63, 3.8) is 0 Å². The number of piperidine rings is 1. The van der Waals surface area contributed by atoms with Crippen LogP contribution in [0, 0.1) is 0 Å². The lowest BCUT2D eigenvalue weighted by Crippen LogP contribution is -2.41. The first-order valence-corrected chi connectivity index (χ1v) is 14.4. The summed E-state index contributed by atoms with van der Waals surface area (Å²) in [5.74, 6) is -0.0195. The van der Waals surface area contributed by atoms with Gasteiger partial charge in [-0.05, 0) is 69.4 Å². The Bertz CT molecular complexity index is 1490. The van der Waals surface area contributed by atoms with Gasteiger partial charge in [0.2, 0.25) is 0 Å². The molecule has 1 saturated carbocycles. The van der Waals surface area contributed by atoms with Crippen molar-refractivity contribution in [3.8, 4) is 22.3 Å². The van der Waals surface area contributed by atoms with E-state index in [9.17, 15) is 4.79 Å². The lowest BCUT2D eigenvalue weighted by atomic mass is 10.1. The number of carbonyl (C=O) groups is 1. The van der Waals surface area contributed by atoms with Gasteiger partial charge in [0.25, 0.3) is 5.91 Å². The van der Waals surface area contributed by atoms with E-state index >= 15 is 0 Å². The second-order valence-electron chi connectivity index (χ2n) is 11.4. The van der Waals surface area contributed by atoms with Crippen LogP contribution in [0.2, 0.25) is 0 Å². The maximum absolute atomic E-state index is 13.2. The highest BCUT2D eigenvalue weighted by Gasteiger charge is 2.30. The van der Waals surface area contributed by atoms with E-state index in [1.165, 1.54) is 0 Å². The molecule has 3 aromatic heterocycles. The summed E-state index contributed by atoms with van der Waals surface area (Å²) in [5.41, 5.74) is 11.5. The first-order valence-electron chi connectivity index (χ1n) is 14.4. The van der Waals surface area contributed by atoms with E-state index < -0.39 is 0 Å². The number of nitrogens with zero attached hydrogens (tertiary/aromatic N) is 6. The SMILES string of the molecule is CN1CCC(n2cc(-c3ccc(CO[C@H]4CCC[C@@H]4NC(=O)c4cc(-c5cnn(C)c5)cnc4N)cc3)cn2)CC1. The topological polar surface area (TPSA) is 116 Å². The normalized spacial score (nSPS) is 20.0. The second kappa shape index (κ2) is 11.8. The van der Waals surface area contributed by atoms with Crippen LogP contribution in [-0.4, -0.2) is 67.6 Å². The molecule has 41 heavy (non-hydrogen) atoms. The Morgan fingerprint density at radius 1 is 0.951 bits per heavy atom. The molecule has 0 bridgehead atoms. The fraction of sp³-hybridized carbons (Fsp3) is 0.419. The fourth-order valence-corrected chi connectivity index (χ4v) is 5.87. The Hall–Kier alpha value is -4.02. The van der Waals surface area contributed by atoms with Crippen molar-refractivity contribution in [1.82, 2.24) is 34.8 Å². The van der Waals surface area contributed by atoms with Gasteiger partial charge in [0.05, 0.1) is 42.8 Å². The van der Waals surface area contributed by atoms with E-state index in [1.54, 1.807) is 23.1 Å². The number of carbonyl (C=O) groups excluding carboxylic acids is 1. The lowest BCUT2D eigenvalue weighted by Gasteiger charge is -2.28. The maximum Gasteiger partial charge on any atom is 0.255 e. The fourth-order valence-electron chi connectivity index (χ4n) is 5.87. The lowest BCUT2D eigenvalue weighted by molar-refractivity contribution is 0.0272. The van der Waals surface area contributed by atoms with Gasteiger partial charge in [-0.1, -0.05) is 24.3 Å². The molecule has 2 aliphatic rings. The molecule has 6 rings (SSSR count). The van der Waals surface area contributed by atoms with Gasteiger partial charge in [-0.15, -0.1) is 0 Å². The van der Waals surface area contributed by atoms with Crippen molar-refractivity contribution in [2.24, 2.45) is 7.05 Å². The van der Waals surface area contributed by atoms with Gasteiger partial charge in [-0.2, -0.15) is 10.2 Å². The molecule has 4 heterocycles. The van der Waals surface area contributed by atoms with Crippen molar-refractivity contribution in [1.29, 1.82) is 0 Å². The van der Waals surface area contributed by atoms with Gasteiger partial charge in [0, 0.05) is 42.3 Å². The summed E-state index contributed by atoms with van der Waals surface area (Å²) >= 11 is 0. The standard InChI is InChI=1S/C31H38N8O2/c1-37-12-10-26(11-13-37)39-19-25(17-35-39)22-8-6-21(7-9-22)20-41-29-5-3-4-28(29)36-31(40)27-14-23(15-33-30(27)32)24-16-34-38(2)18-24/h6-9,14-19,26,28-29H,3-5,10-13,20H2,1-2H3,(H2,32,33)(H,36,40)/t28-,29-/m0/s1. The Morgan fingerprint density at radius 2 is 1.71 bits per heavy atom. The molecule has 1 aliphatic carbocycles. The Kier molecular flexibility index (Phi) is 7.84. The third-order valence-electron chi connectivity index (χ3n) is 8.39. The summed E-state index contributed by atoms with van der Waals surface area (Å²) in [4.78, 5) is 19.8. The van der Waals surface area contributed by atoms with Gasteiger partial charge in [0.15, 0.2) is 0 Å². The number of amides is 1. The molecule has 2 atom stereocenters. The Morgan fingerprint density at radius 3 is 2.46 bits per heavy atom. The number of benzene rings is 1. The Labute approximate surface area is 240 Å². The summed E-state index contributed by atoms with van der Waals surface area (Å²) in [6.07, 6.45) is 14.4. The van der Waals surface area contributed by atoms with Crippen molar-refractivity contribution >= 4 is 11.7 Å². The van der Waals surface area contributed by atoms with E-state index in [0.29, 0.717) is 18.2 Å². The summed E-state index contributed by atoms with van der Waals surface area (Å²) in [5, 5.41) is 12.0. The minimum atomic E-state index is -0.230. The number of nitrogens with two attached hydrogens (primary N) is 1. The molecule has 4 aromatic rings. The number of aryl methyl sites for hydroxylation is 1. The first-order chi connectivity index (χ1) is 19.9. The summed E-state index contributed by atoms with van der Waals surface area (Å²) in [7, 11) is 4.03. The third kappa shape index (κ3) is 6.18. The van der Waals surface area contributed by atoms with Crippen molar-refractivity contribution in [2.75, 3.05) is 25.9 Å². The quantitative estimate of drug-likeness (QED) is 0.337. The minimum Gasteiger partial charge on any atom is -0.383 e. The van der Waals surface area contributed by atoms with E-state index in [4.69, 9.17) is 10.5 Å². The number of pyridine rings is 1. The van der Waals surface area contributed by atoms with Gasteiger partial charge >= 0.3 is 0 Å². The van der Waals surface area contributed by atoms with E-state index in [2.05, 4.69) is 67.6 Å². The van der Waals surface area contributed by atoms with Crippen molar-refractivity contribution in [3.05, 3.63) is 72.4 Å². The molecule has 10 heteroatoms. The van der Waals surface area contributed by atoms with Crippen LogP contribution in [0.25, 0.3) is 22.3 Å². The van der Waals surface area contributed by atoms with E-state index in [1.807, 2.05) is 19.4 Å². The van der Waals surface area contributed by atoms with Crippen LogP contribution in [-0.2, 0) is 18.4 Å². The Balaban J connectivity index is 1.05. The predicted octanol–water partition coefficient (Wildman–Crippen LogP) is 4.06. The van der Waals surface area contributed by atoms with Crippen LogP contribution >= 0.6 is 0 Å². The number of hydrogen-bond acceptors (Lipinski definition) is 7. The molecule has 2 fully saturated rings. The highest BCUT2D eigenvalue weighted by Crippen LogP contribution is 2.28. The van der Waals surface area contributed by atoms with Crippen molar-refractivity contribution < 1.29 is 9.53 Å². The molecule has 0 radical (unpaired) electrons. The van der Waals surface area contributed by atoms with E-state index in [0.717, 1.165) is 73.0 Å². The zero-order valence-corrected chi connectivity index (χ0v) is 23.7. The zero-order valence-electron chi connectivity index (χ0n) is 23.7. The van der Waals surface area contributed by atoms with Gasteiger partial charge < -0.3 is 20.7 Å². The number of rotatable bonds is 8. The molecular formula is C31H38N8O2. The number of likely N-dealkylation sites (tertiary alicyclic amines) is 1. The molecule has 3 N–H and O–H groups in total. The molecule has 1 saturated heterocycles. The van der Waals surface area contributed by atoms with Crippen LogP contribution in [0.5, 0.6) is 0 Å². The highest BCUT2D eigenvalue weighted by atomic mass is 16.5. The van der Waals surface area contributed by atoms with E-state index in [-0.39, 0.29) is 23.9 Å². The average Bonchev–Trinajstić information content (AvgIpc) is 3.75. The molecule has 0 spiro atoms. The van der Waals surface area contributed by atoms with Crippen LogP contribution < -0.4 is 11.1 Å². The predicted molar refractivity (Wildman–Crippen MR) is 158 cm³/mol. The molecule has 1 aliphatic heterocycles. The number of anilines is 1. The van der Waals surface area contributed by atoms with Crippen LogP contribution in [0.4, 0.5) is 5.82 Å². The average molecular weight is 555 g/mol. The first kappa shape index (κ1) is 27.2. The molecule has 1 aromatic carbocycles. The second-order valence-corrected chi connectivity index (χ2v) is 11.4.